The van der Waals surface area contributed by atoms with E-state index in [1.807, 2.05) is 32.0 Å². The molecule has 6 heteroatoms. The molecule has 0 aliphatic carbocycles. The maximum absolute atomic E-state index is 14.0. The molecule has 0 spiro atoms. The smallest absolute Gasteiger partial charge is 0.190 e. The van der Waals surface area contributed by atoms with E-state index >= 15 is 0 Å². The van der Waals surface area contributed by atoms with Gasteiger partial charge in [0.15, 0.2) is 5.82 Å². The zero-order valence-corrected chi connectivity index (χ0v) is 11.7. The van der Waals surface area contributed by atoms with Crippen LogP contribution in [-0.2, 0) is 0 Å². The third-order valence-corrected chi connectivity index (χ3v) is 3.28. The third-order valence-electron chi connectivity index (χ3n) is 3.28. The Bertz CT molecular complexity index is 810. The first-order chi connectivity index (χ1) is 10.1. The van der Waals surface area contributed by atoms with Crippen molar-refractivity contribution in [1.29, 1.82) is 0 Å². The van der Waals surface area contributed by atoms with Crippen LogP contribution in [0.5, 0.6) is 0 Å². The van der Waals surface area contributed by atoms with Crippen molar-refractivity contribution < 1.29 is 4.39 Å². The van der Waals surface area contributed by atoms with Crippen LogP contribution in [0, 0.1) is 19.7 Å². The molecule has 1 heterocycles. The van der Waals surface area contributed by atoms with Gasteiger partial charge in [-0.15, -0.1) is 5.10 Å². The minimum Gasteiger partial charge on any atom is -0.399 e. The van der Waals surface area contributed by atoms with Gasteiger partial charge in [0.25, 0.3) is 0 Å². The minimum absolute atomic E-state index is 0.278. The first-order valence-corrected chi connectivity index (χ1v) is 6.47. The molecule has 3 rings (SSSR count). The Morgan fingerprint density at radius 3 is 2.67 bits per heavy atom. The Morgan fingerprint density at radius 1 is 1.10 bits per heavy atom. The van der Waals surface area contributed by atoms with E-state index in [-0.39, 0.29) is 5.56 Å². The van der Waals surface area contributed by atoms with Gasteiger partial charge in [-0.1, -0.05) is 17.7 Å². The fraction of sp³-hybridized carbons (Fsp3) is 0.133. The summed E-state index contributed by atoms with van der Waals surface area (Å²) in [4.78, 5) is 0. The number of nitrogens with zero attached hydrogens (tertiary/aromatic N) is 4. The topological polar surface area (TPSA) is 69.6 Å². The number of aryl methyl sites for hydroxylation is 2. The molecule has 0 amide bonds. The molecule has 0 saturated carbocycles. The number of anilines is 1. The van der Waals surface area contributed by atoms with Crippen LogP contribution in [0.3, 0.4) is 0 Å². The SMILES string of the molecule is Cc1ccc(-n2nnnc2-c2cc(N)ccc2F)c(C)c1. The van der Waals surface area contributed by atoms with Crippen LogP contribution >= 0.6 is 0 Å². The van der Waals surface area contributed by atoms with Gasteiger partial charge in [-0.05, 0) is 54.1 Å². The second kappa shape index (κ2) is 4.97. The minimum atomic E-state index is -0.412. The lowest BCUT2D eigenvalue weighted by Gasteiger charge is -2.09. The molecule has 0 radical (unpaired) electrons. The summed E-state index contributed by atoms with van der Waals surface area (Å²) in [5.41, 5.74) is 9.42. The average Bonchev–Trinajstić information content (AvgIpc) is 2.90. The van der Waals surface area contributed by atoms with E-state index in [9.17, 15) is 4.39 Å². The summed E-state index contributed by atoms with van der Waals surface area (Å²) in [7, 11) is 0. The first kappa shape index (κ1) is 13.2. The molecule has 106 valence electrons. The molecule has 2 aromatic carbocycles. The summed E-state index contributed by atoms with van der Waals surface area (Å²) in [6.45, 7) is 3.97. The highest BCUT2D eigenvalue weighted by atomic mass is 19.1. The Balaban J connectivity index is 2.19. The fourth-order valence-electron chi connectivity index (χ4n) is 2.27. The second-order valence-corrected chi connectivity index (χ2v) is 4.94. The van der Waals surface area contributed by atoms with Gasteiger partial charge in [-0.3, -0.25) is 0 Å². The lowest BCUT2D eigenvalue weighted by atomic mass is 10.1. The number of halogens is 1. The molecule has 21 heavy (non-hydrogen) atoms. The summed E-state index contributed by atoms with van der Waals surface area (Å²) in [6.07, 6.45) is 0. The molecule has 3 aromatic rings. The van der Waals surface area contributed by atoms with Gasteiger partial charge in [0.2, 0.25) is 0 Å². The average molecular weight is 283 g/mol. The molecule has 0 atom stereocenters. The number of nitrogens with two attached hydrogens (primary N) is 1. The van der Waals surface area contributed by atoms with Gasteiger partial charge >= 0.3 is 0 Å². The monoisotopic (exact) mass is 283 g/mol. The summed E-state index contributed by atoms with van der Waals surface area (Å²) >= 11 is 0. The predicted octanol–water partition coefficient (Wildman–Crippen LogP) is 2.67. The van der Waals surface area contributed by atoms with Gasteiger partial charge in [-0.25, -0.2) is 4.39 Å². The molecule has 1 aromatic heterocycles. The maximum Gasteiger partial charge on any atom is 0.190 e. The predicted molar refractivity (Wildman–Crippen MR) is 78.4 cm³/mol. The van der Waals surface area contributed by atoms with Gasteiger partial charge in [0.1, 0.15) is 5.82 Å². The number of benzene rings is 2. The van der Waals surface area contributed by atoms with Crippen molar-refractivity contribution in [1.82, 2.24) is 20.2 Å². The van der Waals surface area contributed by atoms with Crippen LogP contribution in [0.2, 0.25) is 0 Å². The van der Waals surface area contributed by atoms with Gasteiger partial charge in [0, 0.05) is 5.69 Å². The number of hydrogen-bond donors (Lipinski definition) is 1. The van der Waals surface area contributed by atoms with E-state index in [1.165, 1.54) is 22.9 Å². The van der Waals surface area contributed by atoms with Crippen molar-refractivity contribution in [3.05, 3.63) is 53.3 Å². The number of nitrogen functional groups attached to an aromatic ring is 1. The summed E-state index contributed by atoms with van der Waals surface area (Å²) < 4.78 is 15.5. The molecule has 2 N–H and O–H groups in total. The van der Waals surface area contributed by atoms with Crippen LogP contribution in [0.25, 0.3) is 17.1 Å². The fourth-order valence-corrected chi connectivity index (χ4v) is 2.27. The Morgan fingerprint density at radius 2 is 1.90 bits per heavy atom. The molecule has 5 nitrogen and oxygen atoms in total. The third kappa shape index (κ3) is 2.35. The van der Waals surface area contributed by atoms with Gasteiger partial charge < -0.3 is 5.73 Å². The van der Waals surface area contributed by atoms with E-state index in [1.54, 1.807) is 0 Å². The van der Waals surface area contributed by atoms with Crippen molar-refractivity contribution in [2.45, 2.75) is 13.8 Å². The van der Waals surface area contributed by atoms with E-state index < -0.39 is 5.82 Å². The Hall–Kier alpha value is -2.76. The van der Waals surface area contributed by atoms with Crippen molar-refractivity contribution in [2.24, 2.45) is 0 Å². The van der Waals surface area contributed by atoms with Crippen LogP contribution in [-0.4, -0.2) is 20.2 Å². The summed E-state index contributed by atoms with van der Waals surface area (Å²) in [6, 6.07) is 10.2. The quantitative estimate of drug-likeness (QED) is 0.734. The van der Waals surface area contributed by atoms with Gasteiger partial charge in [-0.2, -0.15) is 4.68 Å². The molecule has 0 aliphatic rings. The zero-order valence-electron chi connectivity index (χ0n) is 11.7. The normalized spacial score (nSPS) is 10.8. The van der Waals surface area contributed by atoms with Crippen molar-refractivity contribution in [3.8, 4) is 17.1 Å². The Kier molecular flexibility index (Phi) is 3.13. The first-order valence-electron chi connectivity index (χ1n) is 6.47. The summed E-state index contributed by atoms with van der Waals surface area (Å²) in [5, 5.41) is 11.6. The van der Waals surface area contributed by atoms with E-state index in [0.29, 0.717) is 11.5 Å². The largest absolute Gasteiger partial charge is 0.399 e. The van der Waals surface area contributed by atoms with Gasteiger partial charge in [0.05, 0.1) is 11.3 Å². The highest BCUT2D eigenvalue weighted by molar-refractivity contribution is 5.63. The summed E-state index contributed by atoms with van der Waals surface area (Å²) in [5.74, 6) is -0.0863. The molecular weight excluding hydrogens is 269 g/mol. The number of aromatic nitrogens is 4. The van der Waals surface area contributed by atoms with Crippen molar-refractivity contribution in [2.75, 3.05) is 5.73 Å². The maximum atomic E-state index is 14.0. The highest BCUT2D eigenvalue weighted by Crippen LogP contribution is 2.25. The second-order valence-electron chi connectivity index (χ2n) is 4.94. The van der Waals surface area contributed by atoms with E-state index in [2.05, 4.69) is 15.5 Å². The standard InChI is InChI=1S/C15H14FN5/c1-9-3-6-14(10(2)7-9)21-15(18-19-20-21)12-8-11(17)4-5-13(12)16/h3-8H,17H2,1-2H3. The molecule has 0 unspecified atom stereocenters. The highest BCUT2D eigenvalue weighted by Gasteiger charge is 2.16. The van der Waals surface area contributed by atoms with Crippen LogP contribution in [0.15, 0.2) is 36.4 Å². The number of rotatable bonds is 2. The van der Waals surface area contributed by atoms with Crippen LogP contribution in [0.1, 0.15) is 11.1 Å². The van der Waals surface area contributed by atoms with E-state index in [4.69, 9.17) is 5.73 Å². The lowest BCUT2D eigenvalue weighted by molar-refractivity contribution is 0.629. The van der Waals surface area contributed by atoms with E-state index in [0.717, 1.165) is 16.8 Å². The Labute approximate surface area is 121 Å². The van der Waals surface area contributed by atoms with Crippen LogP contribution in [0.4, 0.5) is 10.1 Å². The van der Waals surface area contributed by atoms with Crippen LogP contribution < -0.4 is 5.73 Å². The molecule has 0 saturated heterocycles. The van der Waals surface area contributed by atoms with Crippen molar-refractivity contribution in [3.63, 3.8) is 0 Å². The molecule has 0 fully saturated rings. The molecule has 0 aliphatic heterocycles. The molecule has 0 bridgehead atoms. The van der Waals surface area contributed by atoms with Crippen molar-refractivity contribution >= 4 is 5.69 Å². The molecular formula is C15H14FN5. The zero-order chi connectivity index (χ0) is 15.0. The lowest BCUT2D eigenvalue weighted by Crippen LogP contribution is -2.03. The number of hydrogen-bond acceptors (Lipinski definition) is 4. The number of tetrazole rings is 1.